The van der Waals surface area contributed by atoms with Crippen molar-refractivity contribution in [1.29, 1.82) is 0 Å². The van der Waals surface area contributed by atoms with Crippen LogP contribution in [-0.4, -0.2) is 17.9 Å². The van der Waals surface area contributed by atoms with E-state index < -0.39 is 20.7 Å². The van der Waals surface area contributed by atoms with Crippen LogP contribution in [0, 0.1) is 0 Å². The summed E-state index contributed by atoms with van der Waals surface area (Å²) < 4.78 is 11.3. The molecule has 53 heavy (non-hydrogen) atoms. The predicted octanol–water partition coefficient (Wildman–Crippen LogP) is 12.5. The van der Waals surface area contributed by atoms with Gasteiger partial charge < -0.3 is 4.42 Å². The lowest BCUT2D eigenvalue weighted by atomic mass is 9.82. The Morgan fingerprint density at radius 1 is 0.528 bits per heavy atom. The van der Waals surface area contributed by atoms with Crippen molar-refractivity contribution in [3.8, 4) is 22.3 Å². The molecule has 0 spiro atoms. The van der Waals surface area contributed by atoms with Gasteiger partial charge in [-0.1, -0.05) is 135 Å². The third-order valence-corrected chi connectivity index (χ3v) is 13.6. The number of hydrogen-bond acceptors (Lipinski definition) is 3. The number of para-hydroxylation sites is 1. The highest BCUT2D eigenvalue weighted by molar-refractivity contribution is 14.2. The molecule has 0 fully saturated rings. The second-order valence-electron chi connectivity index (χ2n) is 14.4. The molecule has 1 aliphatic carbocycles. The smallest absolute Gasteiger partial charge is 0.174 e. The molecule has 3 heterocycles. The Labute approximate surface area is 316 Å². The van der Waals surface area contributed by atoms with Crippen molar-refractivity contribution in [2.24, 2.45) is 9.98 Å². The number of halogens is 1. The summed E-state index contributed by atoms with van der Waals surface area (Å²) in [4.78, 5) is 10.9. The van der Waals surface area contributed by atoms with Crippen molar-refractivity contribution in [3.05, 3.63) is 180 Å². The van der Waals surface area contributed by atoms with Crippen LogP contribution < -0.4 is 0 Å². The van der Waals surface area contributed by atoms with Crippen molar-refractivity contribution in [3.63, 3.8) is 0 Å². The minimum absolute atomic E-state index is 0.147. The van der Waals surface area contributed by atoms with E-state index in [9.17, 15) is 0 Å². The Bertz CT molecular complexity index is 3070. The largest absolute Gasteiger partial charge is 0.455 e. The predicted molar refractivity (Wildman–Crippen MR) is 230 cm³/mol. The molecule has 0 radical (unpaired) electrons. The lowest BCUT2D eigenvalue weighted by molar-refractivity contribution is 0.661. The quantitative estimate of drug-likeness (QED) is 0.164. The van der Waals surface area contributed by atoms with Gasteiger partial charge in [0.1, 0.15) is 14.8 Å². The lowest BCUT2D eigenvalue weighted by Crippen LogP contribution is -2.17. The monoisotopic (exact) mass is 793 g/mol. The first-order valence-corrected chi connectivity index (χ1v) is 20.1. The lowest BCUT2D eigenvalue weighted by Gasteiger charge is -2.22. The fourth-order valence-corrected chi connectivity index (χ4v) is 11.0. The number of amidine groups is 1. The molecule has 0 saturated heterocycles. The van der Waals surface area contributed by atoms with Crippen LogP contribution in [0.5, 0.6) is 0 Å². The van der Waals surface area contributed by atoms with E-state index in [1.165, 1.54) is 33.2 Å². The van der Waals surface area contributed by atoms with Crippen LogP contribution in [0.25, 0.3) is 66.0 Å². The summed E-state index contributed by atoms with van der Waals surface area (Å²) in [6.07, 6.45) is 0. The molecule has 11 rings (SSSR count). The van der Waals surface area contributed by atoms with Gasteiger partial charge in [-0.3, -0.25) is 4.57 Å². The maximum absolute atomic E-state index is 6.77. The topological polar surface area (TPSA) is 42.8 Å². The third-order valence-electron chi connectivity index (χ3n) is 11.0. The SMILES string of the molecule is CC1(C)c2ccccc2-c2cc3c4c5oc6ccccc6c5ccc4n(C4=NC(c5cccc(-c6ccccc6)c5)=NC(c5ccccc5)=I4)c3cc21. The fourth-order valence-electron chi connectivity index (χ4n) is 8.39. The van der Waals surface area contributed by atoms with E-state index in [-0.39, 0.29) is 5.41 Å². The summed E-state index contributed by atoms with van der Waals surface area (Å²) in [7, 11) is 0. The van der Waals surface area contributed by atoms with Crippen LogP contribution in [0.2, 0.25) is 0 Å². The van der Waals surface area contributed by atoms with Gasteiger partial charge >= 0.3 is 0 Å². The Kier molecular flexibility index (Phi) is 6.68. The minimum atomic E-state index is -0.800. The van der Waals surface area contributed by atoms with Crippen LogP contribution in [0.4, 0.5) is 0 Å². The van der Waals surface area contributed by atoms with Gasteiger partial charge in [-0.25, -0.2) is 9.98 Å². The molecule has 2 aromatic heterocycles. The highest BCUT2D eigenvalue weighted by atomic mass is 127. The van der Waals surface area contributed by atoms with Crippen LogP contribution in [0.3, 0.4) is 0 Å². The van der Waals surface area contributed by atoms with Gasteiger partial charge in [0.15, 0.2) is 9.68 Å². The van der Waals surface area contributed by atoms with Gasteiger partial charge in [0.2, 0.25) is 0 Å². The Balaban J connectivity index is 1.23. The van der Waals surface area contributed by atoms with E-state index in [1.54, 1.807) is 0 Å². The molecule has 0 unspecified atom stereocenters. The van der Waals surface area contributed by atoms with Crippen LogP contribution in [0.1, 0.15) is 36.1 Å². The Hall–Kier alpha value is -5.92. The summed E-state index contributed by atoms with van der Waals surface area (Å²) in [5.74, 6) is 0.733. The average Bonchev–Trinajstić information content (AvgIpc) is 3.83. The van der Waals surface area contributed by atoms with E-state index in [0.717, 1.165) is 68.4 Å². The van der Waals surface area contributed by atoms with Crippen molar-refractivity contribution >= 4 is 77.8 Å². The van der Waals surface area contributed by atoms with Crippen molar-refractivity contribution in [2.75, 3.05) is 0 Å². The zero-order valence-corrected chi connectivity index (χ0v) is 31.3. The molecule has 4 nitrogen and oxygen atoms in total. The molecule has 0 N–H and O–H groups in total. The maximum Gasteiger partial charge on any atom is 0.174 e. The Morgan fingerprint density at radius 3 is 2.09 bits per heavy atom. The molecule has 0 atom stereocenters. The summed E-state index contributed by atoms with van der Waals surface area (Å²) in [6, 6.07) is 56.4. The molecule has 2 aliphatic rings. The van der Waals surface area contributed by atoms with Crippen molar-refractivity contribution < 1.29 is 4.42 Å². The summed E-state index contributed by atoms with van der Waals surface area (Å²) in [5, 5.41) is 4.57. The van der Waals surface area contributed by atoms with Gasteiger partial charge in [-0.15, -0.1) is 0 Å². The van der Waals surface area contributed by atoms with E-state index >= 15 is 0 Å². The highest BCUT2D eigenvalue weighted by Crippen LogP contribution is 2.51. The number of fused-ring (bicyclic) bond motifs is 10. The molecular formula is C48H32IN3O. The molecule has 7 aromatic carbocycles. The molecular weight excluding hydrogens is 761 g/mol. The number of nitrogens with zero attached hydrogens (tertiary/aromatic N) is 3. The number of benzene rings is 7. The molecule has 1 aliphatic heterocycles. The number of rotatable bonds is 3. The van der Waals surface area contributed by atoms with Gasteiger partial charge in [0, 0.05) is 32.7 Å². The zero-order valence-electron chi connectivity index (χ0n) is 29.1. The summed E-state index contributed by atoms with van der Waals surface area (Å²) in [5.41, 5.74) is 13.7. The third kappa shape index (κ3) is 4.63. The van der Waals surface area contributed by atoms with Gasteiger partial charge in [-0.2, -0.15) is 0 Å². The summed E-state index contributed by atoms with van der Waals surface area (Å²) >= 11 is -0.800. The van der Waals surface area contributed by atoms with E-state index in [4.69, 9.17) is 14.4 Å². The van der Waals surface area contributed by atoms with E-state index in [0.29, 0.717) is 0 Å². The number of aliphatic imine (C=N–C) groups is 2. The average molecular weight is 794 g/mol. The normalized spacial score (nSPS) is 14.9. The molecule has 5 heteroatoms. The maximum atomic E-state index is 6.77. The first kappa shape index (κ1) is 30.7. The second kappa shape index (κ2) is 11.5. The number of furan rings is 1. The molecule has 0 saturated carbocycles. The minimum Gasteiger partial charge on any atom is -0.455 e. The zero-order chi connectivity index (χ0) is 35.3. The van der Waals surface area contributed by atoms with E-state index in [1.807, 2.05) is 6.07 Å². The van der Waals surface area contributed by atoms with Crippen LogP contribution in [0.15, 0.2) is 172 Å². The van der Waals surface area contributed by atoms with Gasteiger partial charge in [0.05, 0.1) is 16.4 Å². The standard InChI is InChI=1S/C48H32IN3O/c1-48(2)38-22-11-9-20-33(38)36-27-37-41(28-39(36)48)52(40-25-24-35-34-21-10-12-23-42(34)53-44(35)43(37)40)47-49-45(30-16-7-4-8-17-30)50-46(51-47)32-19-13-18-31(26-32)29-14-5-3-6-15-29/h3-28H,1-2H3. The first-order chi connectivity index (χ1) is 26.0. The highest BCUT2D eigenvalue weighted by Gasteiger charge is 2.36. The molecule has 0 bridgehead atoms. The number of hydrogen-bond donors (Lipinski definition) is 0. The van der Waals surface area contributed by atoms with Crippen molar-refractivity contribution in [1.82, 2.24) is 4.57 Å². The summed E-state index contributed by atoms with van der Waals surface area (Å²) in [6.45, 7) is 4.70. The van der Waals surface area contributed by atoms with E-state index in [2.05, 4.69) is 170 Å². The van der Waals surface area contributed by atoms with Gasteiger partial charge in [-0.05, 0) is 90.5 Å². The molecule has 9 aromatic rings. The van der Waals surface area contributed by atoms with Crippen LogP contribution in [-0.2, 0) is 5.41 Å². The van der Waals surface area contributed by atoms with Crippen molar-refractivity contribution in [2.45, 2.75) is 19.3 Å². The first-order valence-electron chi connectivity index (χ1n) is 18.0. The molecule has 0 amide bonds. The fraction of sp³-hybridized carbons (Fsp3) is 0.0625. The molecule has 252 valence electrons. The Morgan fingerprint density at radius 2 is 1.25 bits per heavy atom. The van der Waals surface area contributed by atoms with Gasteiger partial charge in [0.25, 0.3) is 0 Å². The second-order valence-corrected chi connectivity index (χ2v) is 16.9. The van der Waals surface area contributed by atoms with Crippen LogP contribution >= 0.6 is 20.7 Å². The number of aromatic nitrogens is 1.